The Labute approximate surface area is 232 Å². The number of ether oxygens (including phenoxy) is 2. The minimum absolute atomic E-state index is 0.00411. The van der Waals surface area contributed by atoms with Gasteiger partial charge in [-0.05, 0) is 103 Å². The van der Waals surface area contributed by atoms with Crippen LogP contribution in [-0.2, 0) is 9.53 Å². The number of benzene rings is 1. The van der Waals surface area contributed by atoms with Gasteiger partial charge in [0.25, 0.3) is 5.56 Å². The number of hydrogen-bond acceptors (Lipinski definition) is 7. The van der Waals surface area contributed by atoms with Gasteiger partial charge in [0.1, 0.15) is 11.8 Å². The summed E-state index contributed by atoms with van der Waals surface area (Å²) in [5.74, 6) is 0.302. The van der Waals surface area contributed by atoms with E-state index in [0.717, 1.165) is 23.3 Å². The second-order valence-corrected chi connectivity index (χ2v) is 12.2. The van der Waals surface area contributed by atoms with Crippen molar-refractivity contribution in [3.05, 3.63) is 78.2 Å². The fourth-order valence-corrected chi connectivity index (χ4v) is 7.57. The summed E-state index contributed by atoms with van der Waals surface area (Å²) >= 11 is 7.34. The van der Waals surface area contributed by atoms with Gasteiger partial charge in [0.2, 0.25) is 0 Å². The lowest BCUT2D eigenvalue weighted by molar-refractivity contribution is -0.139. The lowest BCUT2D eigenvalue weighted by atomic mass is 10.0. The van der Waals surface area contributed by atoms with Crippen molar-refractivity contribution in [3.8, 4) is 5.75 Å². The molecule has 3 heterocycles. The minimum atomic E-state index is -0.570. The topological polar surface area (TPSA) is 69.9 Å². The number of thiophene rings is 1. The number of aromatic nitrogens is 1. The van der Waals surface area contributed by atoms with Crippen LogP contribution in [0.25, 0.3) is 6.08 Å². The van der Waals surface area contributed by atoms with Crippen molar-refractivity contribution >= 4 is 79.9 Å². The summed E-state index contributed by atoms with van der Waals surface area (Å²) in [5.41, 5.74) is 1.61. The van der Waals surface area contributed by atoms with E-state index in [1.54, 1.807) is 18.4 Å². The summed E-state index contributed by atoms with van der Waals surface area (Å²) in [6, 6.07) is 7.33. The van der Waals surface area contributed by atoms with Crippen LogP contribution in [-0.4, -0.2) is 23.2 Å². The van der Waals surface area contributed by atoms with Gasteiger partial charge in [-0.15, -0.1) is 11.3 Å². The van der Waals surface area contributed by atoms with Gasteiger partial charge in [-0.2, -0.15) is 0 Å². The van der Waals surface area contributed by atoms with Crippen LogP contribution in [0.3, 0.4) is 0 Å². The number of fused-ring (bicyclic) bond motifs is 1. The minimum Gasteiger partial charge on any atom is -0.489 e. The molecular weight excluding hydrogens is 698 g/mol. The van der Waals surface area contributed by atoms with E-state index in [0.29, 0.717) is 20.6 Å². The second-order valence-electron chi connectivity index (χ2n) is 7.79. The summed E-state index contributed by atoms with van der Waals surface area (Å²) in [6.07, 6.45) is 1.86. The summed E-state index contributed by atoms with van der Waals surface area (Å²) in [5, 5.41) is 1.94. The average molecular weight is 720 g/mol. The van der Waals surface area contributed by atoms with Crippen LogP contribution in [0.5, 0.6) is 5.75 Å². The number of carbonyl (C=O) groups excluding carboxylic acids is 1. The Bertz CT molecular complexity index is 1450. The SMILES string of the molecule is CCOC(=O)C1=C(C)N=c2s/c(=C\c3cc(I)cc(I)c3OC(C)C)c(=O)n2[C@H]1c1cccs1. The van der Waals surface area contributed by atoms with Gasteiger partial charge in [0, 0.05) is 14.0 Å². The number of esters is 1. The van der Waals surface area contributed by atoms with Gasteiger partial charge in [-0.25, -0.2) is 9.79 Å². The molecule has 178 valence electrons. The predicted molar refractivity (Wildman–Crippen MR) is 152 cm³/mol. The molecule has 34 heavy (non-hydrogen) atoms. The molecule has 0 spiro atoms. The predicted octanol–water partition coefficient (Wildman–Crippen LogP) is 4.86. The molecule has 10 heteroatoms. The molecule has 6 nitrogen and oxygen atoms in total. The highest BCUT2D eigenvalue weighted by molar-refractivity contribution is 14.1. The number of thiazole rings is 1. The molecule has 2 aromatic heterocycles. The molecule has 0 fully saturated rings. The van der Waals surface area contributed by atoms with E-state index >= 15 is 0 Å². The van der Waals surface area contributed by atoms with Crippen molar-refractivity contribution in [2.75, 3.05) is 6.61 Å². The number of halogens is 2. The Morgan fingerprint density at radius 2 is 2.09 bits per heavy atom. The third-order valence-corrected chi connectivity index (χ3v) is 8.34. The first-order valence-electron chi connectivity index (χ1n) is 10.6. The Morgan fingerprint density at radius 1 is 1.32 bits per heavy atom. The number of rotatable bonds is 6. The molecule has 0 unspecified atom stereocenters. The lowest BCUT2D eigenvalue weighted by Gasteiger charge is -2.23. The summed E-state index contributed by atoms with van der Waals surface area (Å²) in [6.45, 7) is 7.77. The van der Waals surface area contributed by atoms with E-state index in [-0.39, 0.29) is 18.3 Å². The van der Waals surface area contributed by atoms with Gasteiger partial charge in [-0.3, -0.25) is 9.36 Å². The monoisotopic (exact) mass is 720 g/mol. The van der Waals surface area contributed by atoms with Crippen molar-refractivity contribution < 1.29 is 14.3 Å². The Balaban J connectivity index is 1.95. The number of allylic oxidation sites excluding steroid dienone is 1. The Morgan fingerprint density at radius 3 is 2.74 bits per heavy atom. The van der Waals surface area contributed by atoms with E-state index < -0.39 is 12.0 Å². The van der Waals surface area contributed by atoms with Gasteiger partial charge in [-0.1, -0.05) is 17.4 Å². The highest BCUT2D eigenvalue weighted by Crippen LogP contribution is 2.33. The maximum absolute atomic E-state index is 13.7. The van der Waals surface area contributed by atoms with Crippen LogP contribution in [0.2, 0.25) is 0 Å². The molecule has 0 aliphatic carbocycles. The number of carbonyl (C=O) groups is 1. The van der Waals surface area contributed by atoms with Crippen LogP contribution < -0.4 is 19.6 Å². The summed E-state index contributed by atoms with van der Waals surface area (Å²) < 4.78 is 15.6. The van der Waals surface area contributed by atoms with Gasteiger partial charge in [0.15, 0.2) is 4.80 Å². The molecule has 1 aromatic carbocycles. The molecule has 0 N–H and O–H groups in total. The van der Waals surface area contributed by atoms with E-state index in [4.69, 9.17) is 9.47 Å². The molecule has 0 saturated carbocycles. The van der Waals surface area contributed by atoms with Crippen LogP contribution >= 0.6 is 67.9 Å². The molecule has 0 saturated heterocycles. The smallest absolute Gasteiger partial charge is 0.338 e. The Hall–Kier alpha value is -1.51. The van der Waals surface area contributed by atoms with Crippen molar-refractivity contribution in [1.29, 1.82) is 0 Å². The van der Waals surface area contributed by atoms with E-state index in [1.165, 1.54) is 22.7 Å². The van der Waals surface area contributed by atoms with Crippen molar-refractivity contribution in [2.24, 2.45) is 4.99 Å². The molecule has 1 aliphatic heterocycles. The summed E-state index contributed by atoms with van der Waals surface area (Å²) in [7, 11) is 0. The largest absolute Gasteiger partial charge is 0.489 e. The maximum atomic E-state index is 13.7. The third kappa shape index (κ3) is 5.05. The molecule has 1 atom stereocenters. The molecule has 1 aliphatic rings. The van der Waals surface area contributed by atoms with Crippen LogP contribution in [0, 0.1) is 7.14 Å². The first-order valence-corrected chi connectivity index (χ1v) is 14.4. The van der Waals surface area contributed by atoms with Crippen LogP contribution in [0.4, 0.5) is 0 Å². The van der Waals surface area contributed by atoms with Gasteiger partial charge >= 0.3 is 5.97 Å². The molecule has 0 bridgehead atoms. The van der Waals surface area contributed by atoms with E-state index in [1.807, 2.05) is 49.6 Å². The second kappa shape index (κ2) is 10.6. The average Bonchev–Trinajstić information content (AvgIpc) is 3.38. The van der Waals surface area contributed by atoms with Crippen molar-refractivity contribution in [1.82, 2.24) is 4.57 Å². The Kier molecular flexibility index (Phi) is 7.99. The van der Waals surface area contributed by atoms with Gasteiger partial charge in [0.05, 0.1) is 32.1 Å². The maximum Gasteiger partial charge on any atom is 0.338 e. The molecule has 0 radical (unpaired) electrons. The first kappa shape index (κ1) is 25.6. The molecule has 0 amide bonds. The van der Waals surface area contributed by atoms with E-state index in [2.05, 4.69) is 50.2 Å². The van der Waals surface area contributed by atoms with Crippen LogP contribution in [0.1, 0.15) is 44.2 Å². The van der Waals surface area contributed by atoms with Crippen LogP contribution in [0.15, 0.2) is 50.7 Å². The fraction of sp³-hybridized carbons (Fsp3) is 0.292. The molecule has 4 rings (SSSR count). The highest BCUT2D eigenvalue weighted by Gasteiger charge is 2.33. The molecule has 3 aromatic rings. The van der Waals surface area contributed by atoms with Gasteiger partial charge < -0.3 is 9.47 Å². The summed E-state index contributed by atoms with van der Waals surface area (Å²) in [4.78, 5) is 32.7. The zero-order chi connectivity index (χ0) is 24.6. The highest BCUT2D eigenvalue weighted by atomic mass is 127. The zero-order valence-electron chi connectivity index (χ0n) is 18.9. The third-order valence-electron chi connectivity index (χ3n) is 5.01. The standard InChI is InChI=1S/C24H22I2N2O4S2/c1-5-31-23(30)19-13(4)27-24-28(20(19)17-7-6-8-33-17)22(29)18(34-24)10-14-9-15(25)11-16(26)21(14)32-12(2)3/h6-12,20H,5H2,1-4H3/b18-10-/t20-/m0/s1. The first-order chi connectivity index (χ1) is 16.2. The van der Waals surface area contributed by atoms with E-state index in [9.17, 15) is 9.59 Å². The zero-order valence-corrected chi connectivity index (χ0v) is 24.9. The number of hydrogen-bond donors (Lipinski definition) is 0. The fourth-order valence-electron chi connectivity index (χ4n) is 3.70. The van der Waals surface area contributed by atoms with Crippen molar-refractivity contribution in [3.63, 3.8) is 0 Å². The normalized spacial score (nSPS) is 16.0. The quantitative estimate of drug-likeness (QED) is 0.270. The van der Waals surface area contributed by atoms with Crippen molar-refractivity contribution in [2.45, 2.75) is 39.8 Å². The lowest BCUT2D eigenvalue weighted by Crippen LogP contribution is -2.39. The number of nitrogens with zero attached hydrogens (tertiary/aromatic N) is 2. The molecular formula is C24H22I2N2O4S2.